The number of benzene rings is 1. The lowest BCUT2D eigenvalue weighted by Gasteiger charge is -2.10. The highest BCUT2D eigenvalue weighted by Gasteiger charge is 2.15. The van der Waals surface area contributed by atoms with E-state index >= 15 is 0 Å². The molecule has 0 aliphatic rings. The van der Waals surface area contributed by atoms with Crippen LogP contribution in [0.4, 0.5) is 5.69 Å². The van der Waals surface area contributed by atoms with Gasteiger partial charge in [-0.3, -0.25) is 4.72 Å². The predicted octanol–water partition coefficient (Wildman–Crippen LogP) is 1.66. The number of anilines is 1. The Balaban J connectivity index is 2.29. The van der Waals surface area contributed by atoms with Crippen LogP contribution in [0, 0.1) is 6.92 Å². The van der Waals surface area contributed by atoms with Gasteiger partial charge in [-0.2, -0.15) is 0 Å². The topological polar surface area (TPSA) is 94.3 Å². The number of hydrogen-bond acceptors (Lipinski definition) is 5. The lowest BCUT2D eigenvalue weighted by molar-refractivity contribution is 0.398. The monoisotopic (exact) mass is 307 g/mol. The number of nitrogens with zero attached hydrogens (tertiary/aromatic N) is 1. The van der Waals surface area contributed by atoms with E-state index in [4.69, 9.17) is 10.5 Å². The Bertz CT molecular complexity index is 728. The molecule has 1 aromatic carbocycles. The fraction of sp³-hybridized carbons (Fsp3) is 0.214. The van der Waals surface area contributed by atoms with Crippen LogP contribution >= 0.6 is 0 Å². The molecule has 1 aromatic heterocycles. The van der Waals surface area contributed by atoms with Gasteiger partial charge in [-0.25, -0.2) is 13.4 Å². The molecule has 3 N–H and O–H groups in total. The van der Waals surface area contributed by atoms with Crippen molar-refractivity contribution in [2.24, 2.45) is 5.73 Å². The minimum absolute atomic E-state index is 0.171. The summed E-state index contributed by atoms with van der Waals surface area (Å²) in [6.45, 7) is 2.18. The molecule has 1 heterocycles. The van der Waals surface area contributed by atoms with Gasteiger partial charge < -0.3 is 10.5 Å². The van der Waals surface area contributed by atoms with Gasteiger partial charge in [0.15, 0.2) is 0 Å². The number of aromatic nitrogens is 1. The minimum Gasteiger partial charge on any atom is -0.481 e. The molecule has 0 aliphatic heterocycles. The maximum atomic E-state index is 12.3. The molecule has 0 bridgehead atoms. The average Bonchev–Trinajstić information content (AvgIpc) is 2.48. The van der Waals surface area contributed by atoms with Gasteiger partial charge in [0.05, 0.1) is 23.9 Å². The van der Waals surface area contributed by atoms with Crippen LogP contribution in [0.1, 0.15) is 11.1 Å². The number of sulfonamides is 1. The van der Waals surface area contributed by atoms with E-state index in [9.17, 15) is 8.42 Å². The molecular weight excluding hydrogens is 290 g/mol. The molecule has 0 unspecified atom stereocenters. The molecule has 0 spiro atoms. The number of methoxy groups -OCH3 is 1. The van der Waals surface area contributed by atoms with Gasteiger partial charge in [-0.15, -0.1) is 0 Å². The number of ether oxygens (including phenoxy) is 1. The number of nitrogens with one attached hydrogen (secondary N) is 1. The number of aryl methyl sites for hydroxylation is 1. The fourth-order valence-electron chi connectivity index (χ4n) is 1.81. The van der Waals surface area contributed by atoms with Gasteiger partial charge >= 0.3 is 0 Å². The lowest BCUT2D eigenvalue weighted by Crippen LogP contribution is -2.14. The molecule has 0 aliphatic carbocycles. The maximum absolute atomic E-state index is 12.3. The van der Waals surface area contributed by atoms with Crippen LogP contribution in [0.25, 0.3) is 0 Å². The molecule has 2 aromatic rings. The molecule has 21 heavy (non-hydrogen) atoms. The van der Waals surface area contributed by atoms with Gasteiger partial charge in [0.25, 0.3) is 10.0 Å². The van der Waals surface area contributed by atoms with Crippen LogP contribution in [-0.2, 0) is 16.6 Å². The summed E-state index contributed by atoms with van der Waals surface area (Å²) in [4.78, 5) is 4.12. The van der Waals surface area contributed by atoms with Crippen LogP contribution in [0.2, 0.25) is 0 Å². The molecular formula is C14H17N3O3S. The zero-order chi connectivity index (χ0) is 15.5. The molecule has 112 valence electrons. The summed E-state index contributed by atoms with van der Waals surface area (Å²) >= 11 is 0. The first-order valence-corrected chi connectivity index (χ1v) is 7.77. The van der Waals surface area contributed by atoms with Crippen LogP contribution in [-0.4, -0.2) is 20.5 Å². The molecule has 0 amide bonds. The van der Waals surface area contributed by atoms with Crippen molar-refractivity contribution in [3.63, 3.8) is 0 Å². The van der Waals surface area contributed by atoms with Gasteiger partial charge in [-0.05, 0) is 36.2 Å². The Labute approximate surface area is 124 Å². The molecule has 7 heteroatoms. The highest BCUT2D eigenvalue weighted by Crippen LogP contribution is 2.19. The smallest absolute Gasteiger partial charge is 0.261 e. The van der Waals surface area contributed by atoms with Crippen LogP contribution in [0.3, 0.4) is 0 Å². The molecule has 0 radical (unpaired) electrons. The largest absolute Gasteiger partial charge is 0.481 e. The summed E-state index contributed by atoms with van der Waals surface area (Å²) in [7, 11) is -2.18. The van der Waals surface area contributed by atoms with Crippen molar-refractivity contribution < 1.29 is 13.2 Å². The summed E-state index contributed by atoms with van der Waals surface area (Å²) in [5.41, 5.74) is 7.73. The summed E-state index contributed by atoms with van der Waals surface area (Å²) in [5.74, 6) is 0.415. The van der Waals surface area contributed by atoms with Crippen molar-refractivity contribution in [3.8, 4) is 5.88 Å². The number of pyridine rings is 1. The van der Waals surface area contributed by atoms with Gasteiger partial charge in [0.1, 0.15) is 0 Å². The van der Waals surface area contributed by atoms with Crippen LogP contribution in [0.15, 0.2) is 41.4 Å². The Morgan fingerprint density at radius 2 is 2.05 bits per heavy atom. The van der Waals surface area contributed by atoms with E-state index < -0.39 is 10.0 Å². The Morgan fingerprint density at radius 3 is 2.62 bits per heavy atom. The van der Waals surface area contributed by atoms with Crippen molar-refractivity contribution in [2.75, 3.05) is 11.8 Å². The van der Waals surface area contributed by atoms with E-state index in [1.54, 1.807) is 30.3 Å². The van der Waals surface area contributed by atoms with E-state index in [0.717, 1.165) is 11.1 Å². The first kappa shape index (κ1) is 15.3. The number of hydrogen-bond donors (Lipinski definition) is 2. The average molecular weight is 307 g/mol. The highest BCUT2D eigenvalue weighted by atomic mass is 32.2. The maximum Gasteiger partial charge on any atom is 0.261 e. The normalized spacial score (nSPS) is 11.2. The third-order valence-electron chi connectivity index (χ3n) is 3.05. The minimum atomic E-state index is -3.67. The van der Waals surface area contributed by atoms with Gasteiger partial charge in [-0.1, -0.05) is 6.07 Å². The van der Waals surface area contributed by atoms with E-state index in [0.29, 0.717) is 18.1 Å². The van der Waals surface area contributed by atoms with Crippen LogP contribution < -0.4 is 15.2 Å². The SMILES string of the molecule is COc1ccc(NS(=O)(=O)c2ccc(C)c(CN)c2)cn1. The number of nitrogens with two attached hydrogens (primary N) is 1. The van der Waals surface area contributed by atoms with Gasteiger partial charge in [0.2, 0.25) is 5.88 Å². The van der Waals surface area contributed by atoms with Crippen molar-refractivity contribution in [3.05, 3.63) is 47.7 Å². The first-order valence-electron chi connectivity index (χ1n) is 6.28. The third kappa shape index (κ3) is 3.50. The molecule has 6 nitrogen and oxygen atoms in total. The summed E-state index contributed by atoms with van der Waals surface area (Å²) in [6, 6.07) is 8.03. The van der Waals surface area contributed by atoms with Gasteiger partial charge in [0, 0.05) is 12.6 Å². The van der Waals surface area contributed by atoms with Crippen molar-refractivity contribution in [2.45, 2.75) is 18.4 Å². The molecule has 0 saturated heterocycles. The highest BCUT2D eigenvalue weighted by molar-refractivity contribution is 7.92. The summed E-state index contributed by atoms with van der Waals surface area (Å²) in [6.07, 6.45) is 1.40. The molecule has 0 atom stereocenters. The van der Waals surface area contributed by atoms with E-state index in [2.05, 4.69) is 9.71 Å². The lowest BCUT2D eigenvalue weighted by atomic mass is 10.1. The Morgan fingerprint density at radius 1 is 1.29 bits per heavy atom. The van der Waals surface area contributed by atoms with Crippen molar-refractivity contribution in [1.29, 1.82) is 0 Å². The van der Waals surface area contributed by atoms with E-state index in [1.807, 2.05) is 6.92 Å². The molecule has 0 fully saturated rings. The van der Waals surface area contributed by atoms with E-state index in [1.165, 1.54) is 13.3 Å². The molecule has 2 rings (SSSR count). The standard InChI is InChI=1S/C14H17N3O3S/c1-10-3-5-13(7-11(10)8-15)21(18,19)17-12-4-6-14(20-2)16-9-12/h3-7,9,17H,8,15H2,1-2H3. The van der Waals surface area contributed by atoms with Crippen molar-refractivity contribution in [1.82, 2.24) is 4.98 Å². The zero-order valence-corrected chi connectivity index (χ0v) is 12.6. The summed E-state index contributed by atoms with van der Waals surface area (Å²) in [5, 5.41) is 0. The van der Waals surface area contributed by atoms with Crippen molar-refractivity contribution >= 4 is 15.7 Å². The number of rotatable bonds is 5. The Hall–Kier alpha value is -2.12. The fourth-order valence-corrected chi connectivity index (χ4v) is 2.90. The zero-order valence-electron chi connectivity index (χ0n) is 11.8. The second kappa shape index (κ2) is 6.11. The quantitative estimate of drug-likeness (QED) is 0.876. The van der Waals surface area contributed by atoms with E-state index in [-0.39, 0.29) is 4.90 Å². The Kier molecular flexibility index (Phi) is 4.44. The van der Waals surface area contributed by atoms with Crippen LogP contribution in [0.5, 0.6) is 5.88 Å². The second-order valence-electron chi connectivity index (χ2n) is 4.49. The third-order valence-corrected chi connectivity index (χ3v) is 4.43. The first-order chi connectivity index (χ1) is 9.96. The molecule has 0 saturated carbocycles. The second-order valence-corrected chi connectivity index (χ2v) is 6.17. The predicted molar refractivity (Wildman–Crippen MR) is 80.7 cm³/mol. The summed E-state index contributed by atoms with van der Waals surface area (Å²) < 4.78 is 32.0.